The van der Waals surface area contributed by atoms with Gasteiger partial charge in [-0.25, -0.2) is 0 Å². The minimum Gasteiger partial charge on any atom is -0.859 e. The Kier molecular flexibility index (Phi) is 25.9. The zero-order valence-electron chi connectivity index (χ0n) is 6.27. The van der Waals surface area contributed by atoms with Crippen LogP contribution in [0.1, 0.15) is 0 Å². The average molecular weight is 166 g/mol. The van der Waals surface area contributed by atoms with Crippen molar-refractivity contribution in [2.24, 2.45) is 0 Å². The first-order valence-electron chi connectivity index (χ1n) is 2.30. The molecule has 7 heteroatoms. The van der Waals surface area contributed by atoms with Crippen LogP contribution < -0.4 is 34.6 Å². The molecule has 0 saturated heterocycles. The number of aromatic nitrogens is 2. The smallest absolute Gasteiger partial charge is 0.859 e. The molecule has 0 unspecified atom stereocenters. The van der Waals surface area contributed by atoms with E-state index in [4.69, 9.17) is 10.0 Å². The van der Waals surface area contributed by atoms with Gasteiger partial charge in [-0.2, -0.15) is 0 Å². The summed E-state index contributed by atoms with van der Waals surface area (Å²) in [5.74, 6) is 0. The van der Waals surface area contributed by atoms with Crippen molar-refractivity contribution < 1.29 is 45.1 Å². The first-order valence-corrected chi connectivity index (χ1v) is 2.30. The van der Waals surface area contributed by atoms with Crippen LogP contribution in [-0.4, -0.2) is 28.2 Å². The van der Waals surface area contributed by atoms with Crippen molar-refractivity contribution >= 4 is 7.69 Å². The molecular formula is C4H8BN2NaO3. The van der Waals surface area contributed by atoms with Crippen molar-refractivity contribution in [1.82, 2.24) is 9.97 Å². The molecule has 1 aromatic heterocycles. The molecule has 0 atom stereocenters. The molecule has 0 aromatic carbocycles. The summed E-state index contributed by atoms with van der Waals surface area (Å²) in [7, 11) is -1.00. The van der Waals surface area contributed by atoms with Gasteiger partial charge in [-0.05, 0) is 0 Å². The summed E-state index contributed by atoms with van der Waals surface area (Å²) in [6.07, 6.45) is 6.56. The summed E-state index contributed by atoms with van der Waals surface area (Å²) in [5.41, 5.74) is 0. The third-order valence-electron chi connectivity index (χ3n) is 0.478. The zero-order valence-corrected chi connectivity index (χ0v) is 8.27. The van der Waals surface area contributed by atoms with E-state index in [0.717, 1.165) is 0 Å². The quantitative estimate of drug-likeness (QED) is 0.388. The molecule has 0 fully saturated rings. The maximum atomic E-state index is 8.49. The second-order valence-electron chi connectivity index (χ2n) is 1.02. The Bertz CT molecular complexity index is 106. The van der Waals surface area contributed by atoms with Crippen molar-refractivity contribution in [2.45, 2.75) is 0 Å². The Hall–Kier alpha value is 0.0249. The summed E-state index contributed by atoms with van der Waals surface area (Å²) in [5, 5.41) is 15.5. The SMILES string of the molecule is O.[Na+].[O-]BO.c1cnccn1. The maximum Gasteiger partial charge on any atom is 1.00 e. The van der Waals surface area contributed by atoms with E-state index in [9.17, 15) is 0 Å². The van der Waals surface area contributed by atoms with Crippen molar-refractivity contribution in [2.75, 3.05) is 0 Å². The van der Waals surface area contributed by atoms with E-state index in [2.05, 4.69) is 9.97 Å². The third kappa shape index (κ3) is 17.8. The van der Waals surface area contributed by atoms with Crippen molar-refractivity contribution in [1.29, 1.82) is 0 Å². The van der Waals surface area contributed by atoms with Crippen LogP contribution in [0.4, 0.5) is 0 Å². The summed E-state index contributed by atoms with van der Waals surface area (Å²) in [4.78, 5) is 7.44. The first-order chi connectivity index (χ1) is 4.41. The molecule has 0 aliphatic heterocycles. The van der Waals surface area contributed by atoms with Crippen molar-refractivity contribution in [3.8, 4) is 0 Å². The fourth-order valence-corrected chi connectivity index (χ4v) is 0.253. The molecule has 0 aliphatic carbocycles. The molecule has 0 bridgehead atoms. The van der Waals surface area contributed by atoms with Gasteiger partial charge in [0.05, 0.1) is 0 Å². The van der Waals surface area contributed by atoms with Crippen LogP contribution in [0.15, 0.2) is 24.8 Å². The van der Waals surface area contributed by atoms with Gasteiger partial charge in [-0.15, -0.1) is 0 Å². The average Bonchev–Trinajstić information content (AvgIpc) is 1.93. The Morgan fingerprint density at radius 1 is 1.09 bits per heavy atom. The first kappa shape index (κ1) is 17.2. The normalized spacial score (nSPS) is 5.64. The van der Waals surface area contributed by atoms with E-state index in [-0.39, 0.29) is 35.0 Å². The monoisotopic (exact) mass is 166 g/mol. The number of hydrogen-bond donors (Lipinski definition) is 1. The molecule has 0 amide bonds. The van der Waals surface area contributed by atoms with E-state index in [1.807, 2.05) is 0 Å². The number of rotatable bonds is 0. The molecular weight excluding hydrogens is 158 g/mol. The molecule has 0 saturated carbocycles. The second kappa shape index (κ2) is 16.5. The van der Waals surface area contributed by atoms with Crippen LogP contribution in [0.2, 0.25) is 0 Å². The maximum absolute atomic E-state index is 8.49. The van der Waals surface area contributed by atoms with E-state index in [0.29, 0.717) is 0 Å². The Balaban J connectivity index is -0.000000116. The summed E-state index contributed by atoms with van der Waals surface area (Å²) in [6, 6.07) is 0. The van der Waals surface area contributed by atoms with E-state index < -0.39 is 7.69 Å². The van der Waals surface area contributed by atoms with Gasteiger partial charge in [0, 0.05) is 24.8 Å². The molecule has 1 rings (SSSR count). The molecule has 11 heavy (non-hydrogen) atoms. The van der Waals surface area contributed by atoms with Crippen LogP contribution in [0.25, 0.3) is 0 Å². The fourth-order valence-electron chi connectivity index (χ4n) is 0.253. The van der Waals surface area contributed by atoms with Crippen molar-refractivity contribution in [3.05, 3.63) is 24.8 Å². The van der Waals surface area contributed by atoms with Gasteiger partial charge in [0.25, 0.3) is 0 Å². The summed E-state index contributed by atoms with van der Waals surface area (Å²) < 4.78 is 0. The predicted octanol–water partition coefficient (Wildman–Crippen LogP) is -5.74. The number of hydrogen-bond acceptors (Lipinski definition) is 4. The third-order valence-corrected chi connectivity index (χ3v) is 0.478. The molecule has 5 nitrogen and oxygen atoms in total. The molecule has 1 aromatic rings. The zero-order chi connectivity index (χ0) is 6.95. The minimum atomic E-state index is -1.00. The predicted molar refractivity (Wildman–Crippen MR) is 35.0 cm³/mol. The molecule has 56 valence electrons. The molecule has 3 N–H and O–H groups in total. The van der Waals surface area contributed by atoms with Crippen molar-refractivity contribution in [3.63, 3.8) is 0 Å². The van der Waals surface area contributed by atoms with Gasteiger partial charge in [0.2, 0.25) is 0 Å². The van der Waals surface area contributed by atoms with Gasteiger partial charge in [-0.3, -0.25) is 9.97 Å². The van der Waals surface area contributed by atoms with Gasteiger partial charge in [0.1, 0.15) is 0 Å². The number of nitrogens with zero attached hydrogens (tertiary/aromatic N) is 2. The van der Waals surface area contributed by atoms with E-state index in [1.54, 1.807) is 24.8 Å². The largest absolute Gasteiger partial charge is 1.00 e. The van der Waals surface area contributed by atoms with E-state index in [1.165, 1.54) is 0 Å². The minimum absolute atomic E-state index is 0. The Labute approximate surface area is 87.4 Å². The van der Waals surface area contributed by atoms with Gasteiger partial charge in [0.15, 0.2) is 7.69 Å². The van der Waals surface area contributed by atoms with Crippen LogP contribution in [-0.2, 0) is 0 Å². The molecule has 0 aliphatic rings. The Morgan fingerprint density at radius 3 is 1.36 bits per heavy atom. The van der Waals surface area contributed by atoms with Crippen LogP contribution in [0.5, 0.6) is 0 Å². The van der Waals surface area contributed by atoms with Gasteiger partial charge in [-0.1, -0.05) is 0 Å². The summed E-state index contributed by atoms with van der Waals surface area (Å²) in [6.45, 7) is 0. The standard InChI is InChI=1S/C4H4N2.BH2O2.Na.H2O/c1-2-6-4-3-5-1;2-1-3;;/h1-4H;1-2H;;1H2/q;-1;+1;. The summed E-state index contributed by atoms with van der Waals surface area (Å²) >= 11 is 0. The van der Waals surface area contributed by atoms with Gasteiger partial charge < -0.3 is 15.5 Å². The fraction of sp³-hybridized carbons (Fsp3) is 0. The topological polar surface area (TPSA) is 101 Å². The van der Waals surface area contributed by atoms with Gasteiger partial charge >= 0.3 is 29.6 Å². The Morgan fingerprint density at radius 2 is 1.27 bits per heavy atom. The van der Waals surface area contributed by atoms with Crippen LogP contribution >= 0.6 is 0 Å². The molecule has 1 heterocycles. The van der Waals surface area contributed by atoms with E-state index >= 15 is 0 Å². The molecule has 0 spiro atoms. The van der Waals surface area contributed by atoms with Crippen LogP contribution in [0.3, 0.4) is 0 Å². The molecule has 0 radical (unpaired) electrons. The van der Waals surface area contributed by atoms with Crippen LogP contribution in [0, 0.1) is 0 Å². The second-order valence-corrected chi connectivity index (χ2v) is 1.02.